The first-order chi connectivity index (χ1) is 13.7. The van der Waals surface area contributed by atoms with Crippen LogP contribution in [-0.2, 0) is 11.3 Å². The molecule has 9 heteroatoms. The summed E-state index contributed by atoms with van der Waals surface area (Å²) in [5.74, 6) is -0.760. The normalized spacial score (nSPS) is 10.7. The van der Waals surface area contributed by atoms with Crippen LogP contribution in [0, 0.1) is 20.8 Å². The molecule has 0 saturated heterocycles. The van der Waals surface area contributed by atoms with Gasteiger partial charge in [-0.25, -0.2) is 4.68 Å². The number of hydrogen-bond acceptors (Lipinski definition) is 4. The van der Waals surface area contributed by atoms with E-state index in [4.69, 9.17) is 23.2 Å². The van der Waals surface area contributed by atoms with Crippen LogP contribution >= 0.6 is 23.2 Å². The zero-order chi connectivity index (χ0) is 21.1. The molecule has 29 heavy (non-hydrogen) atoms. The van der Waals surface area contributed by atoms with E-state index in [-0.39, 0.29) is 18.1 Å². The van der Waals surface area contributed by atoms with Crippen LogP contribution in [0.2, 0.25) is 10.0 Å². The molecule has 1 aromatic heterocycles. The summed E-state index contributed by atoms with van der Waals surface area (Å²) < 4.78 is 1.37. The lowest BCUT2D eigenvalue weighted by molar-refractivity contribution is -0.117. The minimum Gasteiger partial charge on any atom is -0.324 e. The third kappa shape index (κ3) is 4.93. The van der Waals surface area contributed by atoms with Crippen LogP contribution in [0.25, 0.3) is 0 Å². The summed E-state index contributed by atoms with van der Waals surface area (Å²) in [5.41, 5.74) is 3.66. The lowest BCUT2D eigenvalue weighted by Gasteiger charge is -2.10. The number of rotatable bonds is 5. The Labute approximate surface area is 178 Å². The largest absolute Gasteiger partial charge is 0.324 e. The zero-order valence-corrected chi connectivity index (χ0v) is 17.6. The summed E-state index contributed by atoms with van der Waals surface area (Å²) >= 11 is 12.0. The quantitative estimate of drug-likeness (QED) is 0.626. The number of aryl methyl sites for hydroxylation is 2. The topological polar surface area (TPSA) is 88.9 Å². The second-order valence-corrected chi connectivity index (χ2v) is 7.47. The Morgan fingerprint density at radius 3 is 2.52 bits per heavy atom. The number of aromatic nitrogens is 3. The van der Waals surface area contributed by atoms with E-state index < -0.39 is 5.91 Å². The van der Waals surface area contributed by atoms with Crippen molar-refractivity contribution >= 4 is 46.4 Å². The minimum atomic E-state index is -0.493. The maximum absolute atomic E-state index is 12.5. The van der Waals surface area contributed by atoms with Crippen molar-refractivity contribution in [2.75, 3.05) is 10.6 Å². The molecule has 0 saturated carbocycles. The molecule has 3 rings (SSSR count). The van der Waals surface area contributed by atoms with E-state index in [1.165, 1.54) is 4.68 Å². The molecule has 7 nitrogen and oxygen atoms in total. The zero-order valence-electron chi connectivity index (χ0n) is 16.1. The maximum Gasteiger partial charge on any atom is 0.278 e. The van der Waals surface area contributed by atoms with Gasteiger partial charge in [-0.2, -0.15) is 0 Å². The van der Waals surface area contributed by atoms with Gasteiger partial charge < -0.3 is 10.6 Å². The fraction of sp³-hybridized carbons (Fsp3) is 0.200. The van der Waals surface area contributed by atoms with Crippen molar-refractivity contribution in [3.63, 3.8) is 0 Å². The second-order valence-electron chi connectivity index (χ2n) is 6.63. The van der Waals surface area contributed by atoms with Gasteiger partial charge in [-0.15, -0.1) is 5.10 Å². The van der Waals surface area contributed by atoms with Crippen LogP contribution in [-0.4, -0.2) is 26.8 Å². The van der Waals surface area contributed by atoms with E-state index in [0.717, 1.165) is 16.8 Å². The molecule has 2 N–H and O–H groups in total. The standard InChI is InChI=1S/C20H19Cl2N5O2/c1-11-4-5-12(2)16(8-11)23-18(28)10-27-13(3)19(25-26-27)20(29)24-17-9-14(21)6-7-15(17)22/h4-9H,10H2,1-3H3,(H,23,28)(H,24,29). The monoisotopic (exact) mass is 431 g/mol. The van der Waals surface area contributed by atoms with Gasteiger partial charge in [0, 0.05) is 10.7 Å². The average Bonchev–Trinajstić information content (AvgIpc) is 3.01. The van der Waals surface area contributed by atoms with Gasteiger partial charge in [0.1, 0.15) is 6.54 Å². The van der Waals surface area contributed by atoms with Crippen molar-refractivity contribution in [1.82, 2.24) is 15.0 Å². The number of benzene rings is 2. The lowest BCUT2D eigenvalue weighted by Crippen LogP contribution is -2.21. The molecule has 0 aliphatic carbocycles. The summed E-state index contributed by atoms with van der Waals surface area (Å²) in [5, 5.41) is 14.1. The van der Waals surface area contributed by atoms with Crippen LogP contribution in [0.1, 0.15) is 27.3 Å². The van der Waals surface area contributed by atoms with Crippen LogP contribution in [0.5, 0.6) is 0 Å². The number of nitrogens with one attached hydrogen (secondary N) is 2. The first kappa shape index (κ1) is 20.8. The van der Waals surface area contributed by atoms with Gasteiger partial charge in [0.05, 0.1) is 16.4 Å². The van der Waals surface area contributed by atoms with Crippen molar-refractivity contribution in [1.29, 1.82) is 0 Å². The first-order valence-corrected chi connectivity index (χ1v) is 9.54. The molecule has 2 amide bonds. The molecule has 0 atom stereocenters. The van der Waals surface area contributed by atoms with Crippen molar-refractivity contribution in [3.05, 3.63) is 69.0 Å². The number of nitrogens with zero attached hydrogens (tertiary/aromatic N) is 3. The molecule has 0 spiro atoms. The number of carbonyl (C=O) groups excluding carboxylic acids is 2. The fourth-order valence-corrected chi connectivity index (χ4v) is 3.03. The predicted octanol–water partition coefficient (Wildman–Crippen LogP) is 4.40. The third-order valence-electron chi connectivity index (χ3n) is 4.33. The Hall–Kier alpha value is -2.90. The van der Waals surface area contributed by atoms with Crippen molar-refractivity contribution in [2.45, 2.75) is 27.3 Å². The molecule has 150 valence electrons. The highest BCUT2D eigenvalue weighted by atomic mass is 35.5. The van der Waals surface area contributed by atoms with Crippen molar-refractivity contribution in [3.8, 4) is 0 Å². The first-order valence-electron chi connectivity index (χ1n) is 8.78. The minimum absolute atomic E-state index is 0.0720. The molecule has 3 aromatic rings. The van der Waals surface area contributed by atoms with E-state index in [1.807, 2.05) is 32.0 Å². The molecule has 0 bridgehead atoms. The third-order valence-corrected chi connectivity index (χ3v) is 4.90. The Bertz CT molecular complexity index is 1090. The number of anilines is 2. The summed E-state index contributed by atoms with van der Waals surface area (Å²) in [6, 6.07) is 10.6. The number of hydrogen-bond donors (Lipinski definition) is 2. The highest BCUT2D eigenvalue weighted by molar-refractivity contribution is 6.35. The van der Waals surface area contributed by atoms with E-state index in [0.29, 0.717) is 21.4 Å². The lowest BCUT2D eigenvalue weighted by atomic mass is 10.1. The van der Waals surface area contributed by atoms with Crippen molar-refractivity contribution < 1.29 is 9.59 Å². The van der Waals surface area contributed by atoms with Gasteiger partial charge in [0.15, 0.2) is 5.69 Å². The number of carbonyl (C=O) groups is 2. The van der Waals surface area contributed by atoms with E-state index in [9.17, 15) is 9.59 Å². The van der Waals surface area contributed by atoms with Gasteiger partial charge in [-0.1, -0.05) is 40.5 Å². The van der Waals surface area contributed by atoms with E-state index >= 15 is 0 Å². The molecule has 0 aliphatic heterocycles. The SMILES string of the molecule is Cc1ccc(C)c(NC(=O)Cn2nnc(C(=O)Nc3cc(Cl)ccc3Cl)c2C)c1. The molecule has 0 radical (unpaired) electrons. The van der Waals surface area contributed by atoms with Crippen LogP contribution in [0.3, 0.4) is 0 Å². The van der Waals surface area contributed by atoms with Crippen molar-refractivity contribution in [2.24, 2.45) is 0 Å². The molecule has 0 aliphatic rings. The van der Waals surface area contributed by atoms with Crippen LogP contribution in [0.4, 0.5) is 11.4 Å². The molecule has 2 aromatic carbocycles. The maximum atomic E-state index is 12.5. The molecule has 0 unspecified atom stereocenters. The fourth-order valence-electron chi connectivity index (χ4n) is 2.69. The Kier molecular flexibility index (Phi) is 6.20. The second kappa shape index (κ2) is 8.63. The summed E-state index contributed by atoms with van der Waals surface area (Å²) in [4.78, 5) is 25.0. The summed E-state index contributed by atoms with van der Waals surface area (Å²) in [6.07, 6.45) is 0. The van der Waals surface area contributed by atoms with Gasteiger partial charge >= 0.3 is 0 Å². The Morgan fingerprint density at radius 2 is 1.76 bits per heavy atom. The van der Waals surface area contributed by atoms with Crippen LogP contribution < -0.4 is 10.6 Å². The molecular weight excluding hydrogens is 413 g/mol. The number of amides is 2. The van der Waals surface area contributed by atoms with Gasteiger partial charge in [0.2, 0.25) is 5.91 Å². The summed E-state index contributed by atoms with van der Waals surface area (Å²) in [7, 11) is 0. The molecule has 0 fully saturated rings. The average molecular weight is 432 g/mol. The highest BCUT2D eigenvalue weighted by Crippen LogP contribution is 2.26. The molecular formula is C20H19Cl2N5O2. The predicted molar refractivity (Wildman–Crippen MR) is 114 cm³/mol. The number of halogens is 2. The van der Waals surface area contributed by atoms with Gasteiger partial charge in [0.25, 0.3) is 5.91 Å². The van der Waals surface area contributed by atoms with Crippen LogP contribution in [0.15, 0.2) is 36.4 Å². The molecule has 1 heterocycles. The smallest absolute Gasteiger partial charge is 0.278 e. The highest BCUT2D eigenvalue weighted by Gasteiger charge is 2.19. The summed E-state index contributed by atoms with van der Waals surface area (Å²) in [6.45, 7) is 5.46. The van der Waals surface area contributed by atoms with E-state index in [1.54, 1.807) is 25.1 Å². The Balaban J connectivity index is 1.71. The van der Waals surface area contributed by atoms with E-state index in [2.05, 4.69) is 20.9 Å². The van der Waals surface area contributed by atoms with Gasteiger partial charge in [-0.3, -0.25) is 9.59 Å². The van der Waals surface area contributed by atoms with Gasteiger partial charge in [-0.05, 0) is 56.2 Å². The Morgan fingerprint density at radius 1 is 1.00 bits per heavy atom.